The zero-order chi connectivity index (χ0) is 13.4. The summed E-state index contributed by atoms with van der Waals surface area (Å²) >= 11 is 0. The number of nitrogens with zero attached hydrogens (tertiary/aromatic N) is 3. The second kappa shape index (κ2) is 7.17. The van der Waals surface area contributed by atoms with Gasteiger partial charge in [0.1, 0.15) is 0 Å². The van der Waals surface area contributed by atoms with Crippen LogP contribution in [0.15, 0.2) is 0 Å². The fraction of sp³-hybridized carbons (Fsp3) is 0.625. The van der Waals surface area contributed by atoms with Crippen LogP contribution in [0.4, 0.5) is 4.79 Å². The number of carbonyl (C=O) groups excluding carboxylic acids is 1. The molecular formula is C8H14N6O4. The number of aliphatic carboxylic acids is 1. The van der Waals surface area contributed by atoms with Crippen molar-refractivity contribution in [2.45, 2.75) is 19.1 Å². The first-order chi connectivity index (χ1) is 8.61. The molecule has 0 aliphatic rings. The van der Waals surface area contributed by atoms with Crippen molar-refractivity contribution >= 4 is 12.0 Å². The average molecular weight is 258 g/mol. The summed E-state index contributed by atoms with van der Waals surface area (Å²) in [6, 6.07) is -0.466. The van der Waals surface area contributed by atoms with Crippen molar-refractivity contribution in [2.75, 3.05) is 13.7 Å². The fourth-order valence-corrected chi connectivity index (χ4v) is 1.12. The minimum atomic E-state index is -0.990. The van der Waals surface area contributed by atoms with Crippen molar-refractivity contribution in [1.82, 2.24) is 31.3 Å². The Bertz CT molecular complexity index is 381. The lowest BCUT2D eigenvalue weighted by Gasteiger charge is -2.13. The van der Waals surface area contributed by atoms with E-state index in [1.54, 1.807) is 0 Å². The Balaban J connectivity index is 2.21. The lowest BCUT2D eigenvalue weighted by Crippen LogP contribution is -2.40. The van der Waals surface area contributed by atoms with E-state index in [-0.39, 0.29) is 19.5 Å². The second-order valence-electron chi connectivity index (χ2n) is 3.35. The van der Waals surface area contributed by atoms with Crippen LogP contribution in [0.3, 0.4) is 0 Å². The molecule has 1 rings (SSSR count). The van der Waals surface area contributed by atoms with Gasteiger partial charge in [-0.05, 0) is 0 Å². The summed E-state index contributed by atoms with van der Waals surface area (Å²) in [7, 11) is 1.38. The average Bonchev–Trinajstić information content (AvgIpc) is 2.84. The van der Waals surface area contributed by atoms with Gasteiger partial charge in [0.15, 0.2) is 5.82 Å². The third kappa shape index (κ3) is 5.21. The summed E-state index contributed by atoms with van der Waals surface area (Å²) in [4.78, 5) is 21.8. The van der Waals surface area contributed by atoms with Crippen LogP contribution in [0, 0.1) is 0 Å². The molecule has 1 aromatic rings. The summed E-state index contributed by atoms with van der Waals surface area (Å²) in [5.74, 6) is -0.644. The smallest absolute Gasteiger partial charge is 0.315 e. The normalized spacial score (nSPS) is 11.8. The predicted molar refractivity (Wildman–Crippen MR) is 57.5 cm³/mol. The van der Waals surface area contributed by atoms with E-state index in [0.717, 1.165) is 0 Å². The van der Waals surface area contributed by atoms with E-state index in [1.165, 1.54) is 7.11 Å². The van der Waals surface area contributed by atoms with Crippen LogP contribution >= 0.6 is 0 Å². The Morgan fingerprint density at radius 1 is 1.50 bits per heavy atom. The van der Waals surface area contributed by atoms with Gasteiger partial charge in [0.2, 0.25) is 0 Å². The lowest BCUT2D eigenvalue weighted by atomic mass is 10.2. The molecule has 0 radical (unpaired) electrons. The lowest BCUT2D eigenvalue weighted by molar-refractivity contribution is -0.139. The van der Waals surface area contributed by atoms with Crippen LogP contribution in [0.1, 0.15) is 12.2 Å². The van der Waals surface area contributed by atoms with Crippen molar-refractivity contribution in [3.63, 3.8) is 0 Å². The highest BCUT2D eigenvalue weighted by Gasteiger charge is 2.13. The molecule has 0 bridgehead atoms. The van der Waals surface area contributed by atoms with Crippen LogP contribution in [-0.2, 0) is 16.1 Å². The molecule has 0 saturated carbocycles. The minimum absolute atomic E-state index is 0.0981. The number of carbonyl (C=O) groups is 2. The Labute approximate surface area is 102 Å². The zero-order valence-corrected chi connectivity index (χ0v) is 9.71. The first kappa shape index (κ1) is 13.8. The van der Waals surface area contributed by atoms with E-state index in [1.807, 2.05) is 0 Å². The SMILES string of the molecule is COC(CNC(=O)NCc1nn[nH]n1)CC(=O)O. The number of hydrogen-bond donors (Lipinski definition) is 4. The Kier molecular flexibility index (Phi) is 5.51. The van der Waals surface area contributed by atoms with Crippen molar-refractivity contribution in [3.05, 3.63) is 5.82 Å². The van der Waals surface area contributed by atoms with Gasteiger partial charge < -0.3 is 20.5 Å². The maximum Gasteiger partial charge on any atom is 0.315 e. The number of nitrogens with one attached hydrogen (secondary N) is 3. The molecule has 18 heavy (non-hydrogen) atoms. The molecule has 0 aliphatic heterocycles. The maximum atomic E-state index is 11.3. The summed E-state index contributed by atoms with van der Waals surface area (Å²) in [5, 5.41) is 26.4. The van der Waals surface area contributed by atoms with Gasteiger partial charge in [0, 0.05) is 13.7 Å². The molecule has 0 saturated heterocycles. The van der Waals surface area contributed by atoms with Crippen LogP contribution in [0.25, 0.3) is 0 Å². The highest BCUT2D eigenvalue weighted by Crippen LogP contribution is 1.95. The van der Waals surface area contributed by atoms with Gasteiger partial charge in [-0.15, -0.1) is 10.2 Å². The van der Waals surface area contributed by atoms with E-state index in [9.17, 15) is 9.59 Å². The molecule has 0 spiro atoms. The molecule has 0 fully saturated rings. The Morgan fingerprint density at radius 3 is 2.83 bits per heavy atom. The van der Waals surface area contributed by atoms with E-state index < -0.39 is 18.1 Å². The number of aromatic nitrogens is 4. The number of methoxy groups -OCH3 is 1. The number of carboxylic acid groups (broad SMARTS) is 1. The predicted octanol–water partition coefficient (Wildman–Crippen LogP) is -1.51. The second-order valence-corrected chi connectivity index (χ2v) is 3.35. The van der Waals surface area contributed by atoms with Gasteiger partial charge in [-0.2, -0.15) is 5.21 Å². The molecule has 10 heteroatoms. The molecule has 0 aliphatic carbocycles. The van der Waals surface area contributed by atoms with E-state index in [4.69, 9.17) is 9.84 Å². The Morgan fingerprint density at radius 2 is 2.28 bits per heavy atom. The molecular weight excluding hydrogens is 244 g/mol. The quantitative estimate of drug-likeness (QED) is 0.465. The highest BCUT2D eigenvalue weighted by atomic mass is 16.5. The van der Waals surface area contributed by atoms with Crippen molar-refractivity contribution in [2.24, 2.45) is 0 Å². The summed E-state index contributed by atoms with van der Waals surface area (Å²) in [6.07, 6.45) is -0.750. The van der Waals surface area contributed by atoms with Gasteiger partial charge in [-0.3, -0.25) is 4.79 Å². The van der Waals surface area contributed by atoms with Crippen molar-refractivity contribution < 1.29 is 19.4 Å². The number of H-pyrrole nitrogens is 1. The van der Waals surface area contributed by atoms with Crippen molar-refractivity contribution in [1.29, 1.82) is 0 Å². The monoisotopic (exact) mass is 258 g/mol. The summed E-state index contributed by atoms with van der Waals surface area (Å²) in [6.45, 7) is 0.222. The third-order valence-corrected chi connectivity index (χ3v) is 2.02. The number of rotatable bonds is 7. The van der Waals surface area contributed by atoms with Crippen LogP contribution < -0.4 is 10.6 Å². The van der Waals surface area contributed by atoms with Crippen LogP contribution in [0.2, 0.25) is 0 Å². The van der Waals surface area contributed by atoms with Gasteiger partial charge in [-0.25, -0.2) is 4.79 Å². The molecule has 1 aromatic heterocycles. The number of carboxylic acids is 1. The first-order valence-corrected chi connectivity index (χ1v) is 5.10. The van der Waals surface area contributed by atoms with E-state index in [2.05, 4.69) is 31.3 Å². The minimum Gasteiger partial charge on any atom is -0.481 e. The molecule has 10 nitrogen and oxygen atoms in total. The molecule has 100 valence electrons. The molecule has 1 heterocycles. The summed E-state index contributed by atoms with van der Waals surface area (Å²) < 4.78 is 4.90. The number of ether oxygens (including phenoxy) is 1. The number of aromatic amines is 1. The summed E-state index contributed by atoms with van der Waals surface area (Å²) in [5.41, 5.74) is 0. The number of urea groups is 1. The third-order valence-electron chi connectivity index (χ3n) is 2.02. The van der Waals surface area contributed by atoms with Gasteiger partial charge in [0.25, 0.3) is 0 Å². The van der Waals surface area contributed by atoms with Crippen molar-refractivity contribution in [3.8, 4) is 0 Å². The van der Waals surface area contributed by atoms with E-state index >= 15 is 0 Å². The molecule has 1 atom stereocenters. The number of amides is 2. The molecule has 1 unspecified atom stereocenters. The van der Waals surface area contributed by atoms with Crippen LogP contribution in [-0.4, -0.2) is 57.5 Å². The van der Waals surface area contributed by atoms with Crippen LogP contribution in [0.5, 0.6) is 0 Å². The largest absolute Gasteiger partial charge is 0.481 e. The standard InChI is InChI=1S/C8H14N6O4/c1-18-5(2-7(15)16)3-9-8(17)10-4-6-11-13-14-12-6/h5H,2-4H2,1H3,(H,15,16)(H2,9,10,17)(H,11,12,13,14). The topological polar surface area (TPSA) is 142 Å². The molecule has 0 aromatic carbocycles. The molecule has 2 amide bonds. The number of hydrogen-bond acceptors (Lipinski definition) is 6. The number of tetrazole rings is 1. The van der Waals surface area contributed by atoms with Gasteiger partial charge in [0.05, 0.1) is 19.1 Å². The first-order valence-electron chi connectivity index (χ1n) is 5.10. The fourth-order valence-electron chi connectivity index (χ4n) is 1.12. The molecule has 4 N–H and O–H groups in total. The van der Waals surface area contributed by atoms with Gasteiger partial charge in [-0.1, -0.05) is 5.21 Å². The Hall–Kier alpha value is -2.23. The highest BCUT2D eigenvalue weighted by molar-refractivity contribution is 5.74. The van der Waals surface area contributed by atoms with Gasteiger partial charge >= 0.3 is 12.0 Å². The van der Waals surface area contributed by atoms with E-state index in [0.29, 0.717) is 5.82 Å². The maximum absolute atomic E-state index is 11.3. The zero-order valence-electron chi connectivity index (χ0n) is 9.71.